The molecule has 0 saturated carbocycles. The van der Waals surface area contributed by atoms with Crippen molar-refractivity contribution in [2.45, 2.75) is 26.9 Å². The minimum Gasteiger partial charge on any atom is -0.290 e. The molecule has 0 aliphatic rings. The lowest BCUT2D eigenvalue weighted by molar-refractivity contribution is -0.129. The molecule has 0 fully saturated rings. The summed E-state index contributed by atoms with van der Waals surface area (Å²) in [6.45, 7) is 3.66. The van der Waals surface area contributed by atoms with Gasteiger partial charge in [0.05, 0.1) is 10.6 Å². The van der Waals surface area contributed by atoms with E-state index in [0.717, 1.165) is 16.3 Å². The molecule has 0 radical (unpaired) electrons. The molecular formula is C15H17N7O2S2. The standard InChI is InChI=1S/C15H17N7O2S2/c1-9-6-10(2)22(20-9)8-13(24)17-16-12(23)7-21-14(18-19-15(21)25)11-4-3-5-26-11/h3-6H,7-8H2,1-2H3,(H,16,23)(H,17,24)(H,19,25). The fourth-order valence-electron chi connectivity index (χ4n) is 2.39. The van der Waals surface area contributed by atoms with Gasteiger partial charge in [0.25, 0.3) is 11.8 Å². The highest BCUT2D eigenvalue weighted by molar-refractivity contribution is 7.71. The Kier molecular flexibility index (Phi) is 5.28. The topological polar surface area (TPSA) is 110 Å². The fourth-order valence-corrected chi connectivity index (χ4v) is 3.31. The first-order chi connectivity index (χ1) is 12.4. The summed E-state index contributed by atoms with van der Waals surface area (Å²) in [5.74, 6) is -0.213. The zero-order valence-electron chi connectivity index (χ0n) is 14.1. The van der Waals surface area contributed by atoms with E-state index in [9.17, 15) is 9.59 Å². The number of aromatic nitrogens is 5. The number of aryl methyl sites for hydroxylation is 2. The largest absolute Gasteiger partial charge is 0.290 e. The molecule has 3 N–H and O–H groups in total. The maximum atomic E-state index is 12.2. The SMILES string of the molecule is Cc1cc(C)n(CC(=O)NNC(=O)Cn2c(-c3cccs3)n[nH]c2=S)n1. The molecule has 0 aliphatic carbocycles. The van der Waals surface area contributed by atoms with Crippen LogP contribution in [0.5, 0.6) is 0 Å². The van der Waals surface area contributed by atoms with Crippen LogP contribution in [0.25, 0.3) is 10.7 Å². The number of thiophene rings is 1. The third-order valence-corrected chi connectivity index (χ3v) is 4.72. The Balaban J connectivity index is 1.58. The quantitative estimate of drug-likeness (QED) is 0.449. The van der Waals surface area contributed by atoms with Gasteiger partial charge in [-0.2, -0.15) is 10.2 Å². The first-order valence-electron chi connectivity index (χ1n) is 7.72. The van der Waals surface area contributed by atoms with Crippen molar-refractivity contribution in [2.75, 3.05) is 0 Å². The second-order valence-electron chi connectivity index (χ2n) is 5.60. The van der Waals surface area contributed by atoms with E-state index in [2.05, 4.69) is 26.1 Å². The lowest BCUT2D eigenvalue weighted by Crippen LogP contribution is -2.44. The van der Waals surface area contributed by atoms with Crippen molar-refractivity contribution in [3.63, 3.8) is 0 Å². The highest BCUT2D eigenvalue weighted by Gasteiger charge is 2.14. The van der Waals surface area contributed by atoms with E-state index in [0.29, 0.717) is 10.6 Å². The van der Waals surface area contributed by atoms with Gasteiger partial charge in [-0.1, -0.05) is 6.07 Å². The summed E-state index contributed by atoms with van der Waals surface area (Å²) in [5, 5.41) is 12.9. The number of carbonyl (C=O) groups is 2. The number of carbonyl (C=O) groups excluding carboxylic acids is 2. The Morgan fingerprint density at radius 3 is 2.62 bits per heavy atom. The van der Waals surface area contributed by atoms with Gasteiger partial charge in [-0.15, -0.1) is 11.3 Å². The van der Waals surface area contributed by atoms with Gasteiger partial charge in [0.1, 0.15) is 13.1 Å². The third kappa shape index (κ3) is 4.06. The zero-order chi connectivity index (χ0) is 18.7. The van der Waals surface area contributed by atoms with Crippen molar-refractivity contribution in [3.8, 4) is 10.7 Å². The summed E-state index contributed by atoms with van der Waals surface area (Å²) < 4.78 is 3.47. The molecule has 11 heteroatoms. The number of amides is 2. The van der Waals surface area contributed by atoms with Crippen molar-refractivity contribution in [1.82, 2.24) is 35.4 Å². The molecule has 3 aromatic rings. The van der Waals surface area contributed by atoms with E-state index in [1.54, 1.807) is 9.25 Å². The zero-order valence-corrected chi connectivity index (χ0v) is 15.8. The van der Waals surface area contributed by atoms with Gasteiger partial charge >= 0.3 is 0 Å². The summed E-state index contributed by atoms with van der Waals surface area (Å²) in [6, 6.07) is 5.65. The van der Waals surface area contributed by atoms with Crippen molar-refractivity contribution < 1.29 is 9.59 Å². The minimum atomic E-state index is -0.415. The number of hydrogen-bond donors (Lipinski definition) is 3. The van der Waals surface area contributed by atoms with Crippen LogP contribution in [-0.4, -0.2) is 36.4 Å². The number of rotatable bonds is 5. The molecule has 0 aromatic carbocycles. The molecule has 0 aliphatic heterocycles. The van der Waals surface area contributed by atoms with Gasteiger partial charge in [0.15, 0.2) is 10.6 Å². The maximum Gasteiger partial charge on any atom is 0.260 e. The Morgan fingerprint density at radius 1 is 1.27 bits per heavy atom. The Bertz CT molecular complexity index is 984. The lowest BCUT2D eigenvalue weighted by Gasteiger charge is -2.09. The van der Waals surface area contributed by atoms with E-state index in [4.69, 9.17) is 12.2 Å². The second-order valence-corrected chi connectivity index (χ2v) is 6.93. The van der Waals surface area contributed by atoms with E-state index in [-0.39, 0.29) is 19.0 Å². The van der Waals surface area contributed by atoms with Crippen LogP contribution >= 0.6 is 23.6 Å². The van der Waals surface area contributed by atoms with E-state index < -0.39 is 5.91 Å². The van der Waals surface area contributed by atoms with Gasteiger partial charge in [-0.25, -0.2) is 0 Å². The molecule has 3 aromatic heterocycles. The van der Waals surface area contributed by atoms with E-state index >= 15 is 0 Å². The van der Waals surface area contributed by atoms with Crippen LogP contribution in [0.4, 0.5) is 0 Å². The highest BCUT2D eigenvalue weighted by atomic mass is 32.1. The molecule has 9 nitrogen and oxygen atoms in total. The maximum absolute atomic E-state index is 12.2. The monoisotopic (exact) mass is 391 g/mol. The van der Waals surface area contributed by atoms with Crippen molar-refractivity contribution in [1.29, 1.82) is 0 Å². The van der Waals surface area contributed by atoms with Crippen LogP contribution < -0.4 is 10.9 Å². The highest BCUT2D eigenvalue weighted by Crippen LogP contribution is 2.22. The van der Waals surface area contributed by atoms with Gasteiger partial charge in [-0.05, 0) is 43.6 Å². The molecule has 0 bridgehead atoms. The predicted molar refractivity (Wildman–Crippen MR) is 98.7 cm³/mol. The average Bonchev–Trinajstić information content (AvgIpc) is 3.29. The molecule has 3 rings (SSSR count). The molecule has 0 atom stereocenters. The van der Waals surface area contributed by atoms with Gasteiger partial charge in [0, 0.05) is 5.69 Å². The minimum absolute atomic E-state index is 0.0194. The summed E-state index contributed by atoms with van der Waals surface area (Å²) in [4.78, 5) is 25.0. The van der Waals surface area contributed by atoms with Gasteiger partial charge < -0.3 is 0 Å². The van der Waals surface area contributed by atoms with Crippen LogP contribution in [0.3, 0.4) is 0 Å². The van der Waals surface area contributed by atoms with Crippen molar-refractivity contribution in [2.24, 2.45) is 0 Å². The average molecular weight is 391 g/mol. The second kappa shape index (κ2) is 7.62. The third-order valence-electron chi connectivity index (χ3n) is 3.54. The normalized spacial score (nSPS) is 10.7. The fraction of sp³-hybridized carbons (Fsp3) is 0.267. The van der Waals surface area contributed by atoms with E-state index in [1.165, 1.54) is 11.3 Å². The lowest BCUT2D eigenvalue weighted by atomic mass is 10.4. The number of aromatic amines is 1. The first-order valence-corrected chi connectivity index (χ1v) is 9.00. The molecule has 136 valence electrons. The molecular weight excluding hydrogens is 374 g/mol. The number of hydrazine groups is 1. The van der Waals surface area contributed by atoms with Crippen LogP contribution in [0.2, 0.25) is 0 Å². The molecule has 0 saturated heterocycles. The van der Waals surface area contributed by atoms with Crippen LogP contribution in [0.15, 0.2) is 23.6 Å². The van der Waals surface area contributed by atoms with Crippen molar-refractivity contribution in [3.05, 3.63) is 39.7 Å². The van der Waals surface area contributed by atoms with Crippen molar-refractivity contribution >= 4 is 35.4 Å². The Hall–Kier alpha value is -2.79. The summed E-state index contributed by atoms with van der Waals surface area (Å²) in [7, 11) is 0. The summed E-state index contributed by atoms with van der Waals surface area (Å²) in [5.41, 5.74) is 6.46. The number of nitrogens with one attached hydrogen (secondary N) is 3. The molecule has 26 heavy (non-hydrogen) atoms. The van der Waals surface area contributed by atoms with E-state index in [1.807, 2.05) is 37.4 Å². The van der Waals surface area contributed by atoms with Gasteiger partial charge in [-0.3, -0.25) is 34.8 Å². The summed E-state index contributed by atoms with van der Waals surface area (Å²) >= 11 is 6.67. The number of hydrogen-bond acceptors (Lipinski definition) is 6. The molecule has 3 heterocycles. The first kappa shape index (κ1) is 18.0. The van der Waals surface area contributed by atoms with Crippen LogP contribution in [-0.2, 0) is 22.7 Å². The Labute approximate surface area is 158 Å². The molecule has 0 spiro atoms. The molecule has 2 amide bonds. The van der Waals surface area contributed by atoms with Crippen LogP contribution in [0.1, 0.15) is 11.4 Å². The van der Waals surface area contributed by atoms with Crippen LogP contribution in [0, 0.1) is 18.6 Å². The molecule has 0 unspecified atom stereocenters. The van der Waals surface area contributed by atoms with Gasteiger partial charge in [0.2, 0.25) is 0 Å². The number of nitrogens with zero attached hydrogens (tertiary/aromatic N) is 4. The predicted octanol–water partition coefficient (Wildman–Crippen LogP) is 1.33. The number of H-pyrrole nitrogens is 1. The summed E-state index contributed by atoms with van der Waals surface area (Å²) in [6.07, 6.45) is 0. The smallest absolute Gasteiger partial charge is 0.260 e. The Morgan fingerprint density at radius 2 is 2.00 bits per heavy atom.